The largest absolute Gasteiger partial charge is 0.494 e. The molecule has 0 fully saturated rings. The average molecular weight is 432 g/mol. The molecule has 1 N–H and O–H groups in total. The molecular weight excluding hydrogens is 411 g/mol. The van der Waals surface area contributed by atoms with E-state index in [1.54, 1.807) is 36.4 Å². The third-order valence-electron chi connectivity index (χ3n) is 5.17. The number of ether oxygens (including phenoxy) is 1. The summed E-state index contributed by atoms with van der Waals surface area (Å²) in [5.41, 5.74) is 2.07. The Hall–Kier alpha value is -4.00. The second-order valence-corrected chi connectivity index (χ2v) is 7.27. The molecule has 0 aromatic heterocycles. The molecule has 7 heteroatoms. The maximum Gasteiger partial charge on any atom is 0.266 e. The van der Waals surface area contributed by atoms with E-state index in [1.807, 2.05) is 6.92 Å². The lowest BCUT2D eigenvalue weighted by Gasteiger charge is -2.14. The molecule has 6 nitrogen and oxygen atoms in total. The number of imide groups is 1. The predicted molar refractivity (Wildman–Crippen MR) is 118 cm³/mol. The van der Waals surface area contributed by atoms with E-state index in [0.717, 1.165) is 10.5 Å². The minimum atomic E-state index is -0.477. The highest BCUT2D eigenvalue weighted by Gasteiger charge is 2.37. The number of carbonyl (C=O) groups excluding carboxylic acids is 3. The fourth-order valence-corrected chi connectivity index (χ4v) is 3.55. The first-order chi connectivity index (χ1) is 15.5. The van der Waals surface area contributed by atoms with Crippen LogP contribution in [0.4, 0.5) is 10.1 Å². The molecule has 0 radical (unpaired) electrons. The van der Waals surface area contributed by atoms with Crippen LogP contribution in [0, 0.1) is 5.82 Å². The zero-order chi connectivity index (χ0) is 22.7. The molecule has 0 spiro atoms. The summed E-state index contributed by atoms with van der Waals surface area (Å²) in [5.74, 6) is -0.927. The van der Waals surface area contributed by atoms with Crippen LogP contribution < -0.4 is 15.0 Å². The van der Waals surface area contributed by atoms with Gasteiger partial charge in [0.05, 0.1) is 23.4 Å². The van der Waals surface area contributed by atoms with Crippen molar-refractivity contribution in [3.8, 4) is 5.75 Å². The van der Waals surface area contributed by atoms with E-state index < -0.39 is 11.8 Å². The summed E-state index contributed by atoms with van der Waals surface area (Å²) in [6.45, 7) is 2.74. The van der Waals surface area contributed by atoms with Crippen molar-refractivity contribution in [2.75, 3.05) is 18.1 Å². The van der Waals surface area contributed by atoms with Crippen LogP contribution in [0.2, 0.25) is 0 Å². The Morgan fingerprint density at radius 3 is 2.31 bits per heavy atom. The van der Waals surface area contributed by atoms with E-state index in [1.165, 1.54) is 30.3 Å². The summed E-state index contributed by atoms with van der Waals surface area (Å²) in [5, 5.41) is 2.78. The number of hydrogen-bond acceptors (Lipinski definition) is 4. The van der Waals surface area contributed by atoms with Gasteiger partial charge in [-0.1, -0.05) is 12.1 Å². The molecule has 0 saturated heterocycles. The lowest BCUT2D eigenvalue weighted by Crippen LogP contribution is -2.29. The normalized spacial score (nSPS) is 12.6. The van der Waals surface area contributed by atoms with Gasteiger partial charge in [0.1, 0.15) is 11.6 Å². The van der Waals surface area contributed by atoms with Gasteiger partial charge in [-0.25, -0.2) is 9.29 Å². The maximum atomic E-state index is 13.0. The molecule has 0 aliphatic carbocycles. The van der Waals surface area contributed by atoms with Gasteiger partial charge in [-0.15, -0.1) is 0 Å². The molecule has 3 aromatic rings. The Kier molecular flexibility index (Phi) is 5.98. The van der Waals surface area contributed by atoms with E-state index >= 15 is 0 Å². The molecule has 4 rings (SSSR count). The molecule has 3 amide bonds. The van der Waals surface area contributed by atoms with Gasteiger partial charge in [0.15, 0.2) is 0 Å². The molecular formula is C25H21FN2O4. The SMILES string of the molecule is CCOc1ccc(N2C(=O)c3ccc(C(=O)NCCc4ccc(F)cc4)cc3C2=O)cc1. The summed E-state index contributed by atoms with van der Waals surface area (Å²) < 4.78 is 18.4. The summed E-state index contributed by atoms with van der Waals surface area (Å²) in [6.07, 6.45) is 0.542. The van der Waals surface area contributed by atoms with Gasteiger partial charge in [0.2, 0.25) is 0 Å². The number of benzene rings is 3. The first-order valence-corrected chi connectivity index (χ1v) is 10.3. The molecule has 0 saturated carbocycles. The molecule has 0 atom stereocenters. The highest BCUT2D eigenvalue weighted by atomic mass is 19.1. The fraction of sp³-hybridized carbons (Fsp3) is 0.160. The van der Waals surface area contributed by atoms with Crippen molar-refractivity contribution < 1.29 is 23.5 Å². The van der Waals surface area contributed by atoms with Crippen LogP contribution in [-0.4, -0.2) is 30.9 Å². The van der Waals surface area contributed by atoms with Crippen molar-refractivity contribution in [3.05, 3.63) is 94.8 Å². The number of nitrogens with zero attached hydrogens (tertiary/aromatic N) is 1. The lowest BCUT2D eigenvalue weighted by atomic mass is 10.1. The van der Waals surface area contributed by atoms with Crippen LogP contribution in [0.3, 0.4) is 0 Å². The summed E-state index contributed by atoms with van der Waals surface area (Å²) >= 11 is 0. The average Bonchev–Trinajstić information content (AvgIpc) is 3.05. The van der Waals surface area contributed by atoms with Crippen LogP contribution in [0.15, 0.2) is 66.7 Å². The number of amides is 3. The van der Waals surface area contributed by atoms with E-state index in [0.29, 0.717) is 31.0 Å². The molecule has 32 heavy (non-hydrogen) atoms. The first kappa shape index (κ1) is 21.2. The van der Waals surface area contributed by atoms with Gasteiger partial charge in [-0.2, -0.15) is 0 Å². The van der Waals surface area contributed by atoms with Crippen LogP contribution >= 0.6 is 0 Å². The van der Waals surface area contributed by atoms with E-state index in [9.17, 15) is 18.8 Å². The van der Waals surface area contributed by atoms with E-state index in [2.05, 4.69) is 5.32 Å². The smallest absolute Gasteiger partial charge is 0.266 e. The van der Waals surface area contributed by atoms with Crippen molar-refractivity contribution in [2.45, 2.75) is 13.3 Å². The van der Waals surface area contributed by atoms with Crippen molar-refractivity contribution in [1.82, 2.24) is 5.32 Å². The monoisotopic (exact) mass is 432 g/mol. The Bertz CT molecular complexity index is 1170. The number of halogens is 1. The standard InChI is InChI=1S/C25H21FN2O4/c1-2-32-20-10-8-19(9-11-20)28-24(30)21-12-5-17(15-22(21)25(28)31)23(29)27-14-13-16-3-6-18(26)7-4-16/h3-12,15H,2,13-14H2,1H3,(H,27,29). The van der Waals surface area contributed by atoms with Crippen molar-refractivity contribution >= 4 is 23.4 Å². The zero-order valence-corrected chi connectivity index (χ0v) is 17.4. The van der Waals surface area contributed by atoms with Gasteiger partial charge in [-0.3, -0.25) is 14.4 Å². The van der Waals surface area contributed by atoms with Gasteiger partial charge >= 0.3 is 0 Å². The lowest BCUT2D eigenvalue weighted by molar-refractivity contribution is 0.0923. The van der Waals surface area contributed by atoms with Crippen LogP contribution in [0.25, 0.3) is 0 Å². The third-order valence-corrected chi connectivity index (χ3v) is 5.17. The van der Waals surface area contributed by atoms with Crippen LogP contribution in [0.1, 0.15) is 43.6 Å². The second-order valence-electron chi connectivity index (χ2n) is 7.27. The molecule has 162 valence electrons. The topological polar surface area (TPSA) is 75.7 Å². The number of carbonyl (C=O) groups is 3. The van der Waals surface area contributed by atoms with Crippen molar-refractivity contribution in [1.29, 1.82) is 0 Å². The van der Waals surface area contributed by atoms with Crippen molar-refractivity contribution in [2.24, 2.45) is 0 Å². The summed E-state index contributed by atoms with van der Waals surface area (Å²) in [4.78, 5) is 39.4. The zero-order valence-electron chi connectivity index (χ0n) is 17.4. The minimum absolute atomic E-state index is 0.190. The Morgan fingerprint density at radius 1 is 0.938 bits per heavy atom. The number of hydrogen-bond donors (Lipinski definition) is 1. The van der Waals surface area contributed by atoms with E-state index in [-0.39, 0.29) is 28.4 Å². The summed E-state index contributed by atoms with van der Waals surface area (Å²) in [7, 11) is 0. The highest BCUT2D eigenvalue weighted by Crippen LogP contribution is 2.30. The number of anilines is 1. The van der Waals surface area contributed by atoms with E-state index in [4.69, 9.17) is 4.74 Å². The number of fused-ring (bicyclic) bond motifs is 1. The molecule has 0 bridgehead atoms. The fourth-order valence-electron chi connectivity index (χ4n) is 3.55. The van der Waals surface area contributed by atoms with Crippen LogP contribution in [0.5, 0.6) is 5.75 Å². The summed E-state index contributed by atoms with van der Waals surface area (Å²) in [6, 6.07) is 17.2. The number of nitrogens with one attached hydrogen (secondary N) is 1. The minimum Gasteiger partial charge on any atom is -0.494 e. The van der Waals surface area contributed by atoms with Gasteiger partial charge in [-0.05, 0) is 73.5 Å². The molecule has 1 aliphatic heterocycles. The highest BCUT2D eigenvalue weighted by molar-refractivity contribution is 6.34. The molecule has 3 aromatic carbocycles. The third kappa shape index (κ3) is 4.23. The Labute approximate surface area is 184 Å². The molecule has 0 unspecified atom stereocenters. The quantitative estimate of drug-likeness (QED) is 0.573. The Morgan fingerprint density at radius 2 is 1.62 bits per heavy atom. The first-order valence-electron chi connectivity index (χ1n) is 10.3. The molecule has 1 heterocycles. The second kappa shape index (κ2) is 9.01. The van der Waals surface area contributed by atoms with Crippen molar-refractivity contribution in [3.63, 3.8) is 0 Å². The Balaban J connectivity index is 1.45. The van der Waals surface area contributed by atoms with Crippen LogP contribution in [-0.2, 0) is 6.42 Å². The van der Waals surface area contributed by atoms with Gasteiger partial charge in [0.25, 0.3) is 17.7 Å². The van der Waals surface area contributed by atoms with Gasteiger partial charge < -0.3 is 10.1 Å². The predicted octanol–water partition coefficient (Wildman–Crippen LogP) is 4.00. The number of rotatable bonds is 7. The molecule has 1 aliphatic rings. The maximum absolute atomic E-state index is 13.0. The van der Waals surface area contributed by atoms with Gasteiger partial charge in [0, 0.05) is 12.1 Å².